The van der Waals surface area contributed by atoms with Crippen molar-refractivity contribution in [3.05, 3.63) is 123 Å². The highest BCUT2D eigenvalue weighted by atomic mass is 35.5. The number of rotatable bonds is 13. The molecule has 4 rings (SSSR count). The van der Waals surface area contributed by atoms with Crippen LogP contribution in [0.2, 0.25) is 10.0 Å². The van der Waals surface area contributed by atoms with Crippen LogP contribution in [0.3, 0.4) is 0 Å². The number of methoxy groups -OCH3 is 1. The van der Waals surface area contributed by atoms with Crippen LogP contribution in [0, 0.1) is 11.3 Å². The molecule has 230 valence electrons. The van der Waals surface area contributed by atoms with Crippen molar-refractivity contribution in [3.8, 4) is 23.3 Å². The van der Waals surface area contributed by atoms with E-state index in [9.17, 15) is 14.9 Å². The van der Waals surface area contributed by atoms with Crippen molar-refractivity contribution in [3.63, 3.8) is 0 Å². The monoisotopic (exact) mass is 644 g/mol. The third-order valence-electron chi connectivity index (χ3n) is 6.58. The van der Waals surface area contributed by atoms with Crippen LogP contribution in [0.4, 0.5) is 0 Å². The first kappa shape index (κ1) is 32.9. The molecule has 4 aromatic carbocycles. The fourth-order valence-electron chi connectivity index (χ4n) is 4.21. The molecule has 2 amide bonds. The van der Waals surface area contributed by atoms with Gasteiger partial charge in [-0.3, -0.25) is 9.59 Å². The van der Waals surface area contributed by atoms with Crippen LogP contribution in [0.5, 0.6) is 17.2 Å². The molecule has 0 heterocycles. The highest BCUT2D eigenvalue weighted by Gasteiger charge is 2.25. The first-order chi connectivity index (χ1) is 21.8. The molecule has 2 atom stereocenters. The molecule has 11 heteroatoms. The van der Waals surface area contributed by atoms with Crippen molar-refractivity contribution < 1.29 is 23.8 Å². The second kappa shape index (κ2) is 16.1. The van der Waals surface area contributed by atoms with Gasteiger partial charge in [-0.2, -0.15) is 10.4 Å². The van der Waals surface area contributed by atoms with Gasteiger partial charge in [-0.05, 0) is 60.5 Å². The summed E-state index contributed by atoms with van der Waals surface area (Å²) in [7, 11) is 1.51. The Morgan fingerprint density at radius 3 is 2.40 bits per heavy atom. The molecule has 4 aromatic rings. The molecule has 0 aliphatic carbocycles. The van der Waals surface area contributed by atoms with Crippen molar-refractivity contribution in [2.45, 2.75) is 32.1 Å². The van der Waals surface area contributed by atoms with Crippen LogP contribution < -0.4 is 25.0 Å². The summed E-state index contributed by atoms with van der Waals surface area (Å²) in [6.45, 7) is 1.74. The van der Waals surface area contributed by atoms with E-state index in [4.69, 9.17) is 37.4 Å². The maximum absolute atomic E-state index is 13.2. The maximum atomic E-state index is 13.2. The zero-order valence-corrected chi connectivity index (χ0v) is 26.0. The molecule has 0 radical (unpaired) electrons. The van der Waals surface area contributed by atoms with Gasteiger partial charge < -0.3 is 19.5 Å². The van der Waals surface area contributed by atoms with E-state index in [0.29, 0.717) is 27.6 Å². The van der Waals surface area contributed by atoms with Gasteiger partial charge >= 0.3 is 0 Å². The molecule has 0 saturated carbocycles. The van der Waals surface area contributed by atoms with Crippen LogP contribution in [0.1, 0.15) is 29.2 Å². The third-order valence-corrected chi connectivity index (χ3v) is 7.11. The zero-order chi connectivity index (χ0) is 32.2. The lowest BCUT2D eigenvalue weighted by Crippen LogP contribution is -2.50. The predicted octanol–water partition coefficient (Wildman–Crippen LogP) is 6.10. The largest absolute Gasteiger partial charge is 0.493 e. The number of nitrogens with one attached hydrogen (secondary N) is 2. The van der Waals surface area contributed by atoms with Crippen molar-refractivity contribution in [2.24, 2.45) is 5.10 Å². The summed E-state index contributed by atoms with van der Waals surface area (Å²) in [5.41, 5.74) is 5.26. The predicted molar refractivity (Wildman–Crippen MR) is 173 cm³/mol. The molecule has 2 N–H and O–H groups in total. The molecule has 0 aliphatic heterocycles. The number of hydrazone groups is 1. The lowest BCUT2D eigenvalue weighted by Gasteiger charge is -2.21. The Labute approximate surface area is 271 Å². The number of benzene rings is 4. The first-order valence-electron chi connectivity index (χ1n) is 13.8. The minimum absolute atomic E-state index is 0.189. The van der Waals surface area contributed by atoms with Gasteiger partial charge in [0.15, 0.2) is 17.6 Å². The van der Waals surface area contributed by atoms with Crippen molar-refractivity contribution >= 4 is 41.2 Å². The quantitative estimate of drug-likeness (QED) is 0.134. The molecule has 0 saturated heterocycles. The highest BCUT2D eigenvalue weighted by molar-refractivity contribution is 6.35. The van der Waals surface area contributed by atoms with Crippen LogP contribution in [0.25, 0.3) is 0 Å². The highest BCUT2D eigenvalue weighted by Crippen LogP contribution is 2.29. The van der Waals surface area contributed by atoms with Gasteiger partial charge in [0.1, 0.15) is 18.4 Å². The van der Waals surface area contributed by atoms with E-state index in [1.165, 1.54) is 19.4 Å². The van der Waals surface area contributed by atoms with Crippen LogP contribution >= 0.6 is 23.2 Å². The molecule has 0 spiro atoms. The van der Waals surface area contributed by atoms with Crippen molar-refractivity contribution in [1.29, 1.82) is 5.26 Å². The Bertz CT molecular complexity index is 1710. The minimum atomic E-state index is -0.958. The van der Waals surface area contributed by atoms with Gasteiger partial charge in [0.05, 0.1) is 30.0 Å². The number of nitrogens with zero attached hydrogens (tertiary/aromatic N) is 2. The molecule has 9 nitrogen and oxygen atoms in total. The third kappa shape index (κ3) is 9.47. The Hall–Kier alpha value is -5.04. The Morgan fingerprint density at radius 2 is 1.67 bits per heavy atom. The van der Waals surface area contributed by atoms with Gasteiger partial charge in [-0.15, -0.1) is 0 Å². The lowest BCUT2D eigenvalue weighted by atomic mass is 10.1. The summed E-state index contributed by atoms with van der Waals surface area (Å²) in [5, 5.41) is 16.9. The number of ether oxygens (including phenoxy) is 3. The second-order valence-electron chi connectivity index (χ2n) is 9.79. The molecule has 0 fully saturated rings. The Morgan fingerprint density at radius 1 is 0.933 bits per heavy atom. The summed E-state index contributed by atoms with van der Waals surface area (Å²) in [5.74, 6) is 0.176. The SMILES string of the molecule is COc1cc(/C=N\NC(=O)[C@H](Cc2ccccc2)NC(=O)[C@H](C)Oc2ccc(Cl)cc2Cl)ccc1OCc1ccccc1C#N. The van der Waals surface area contributed by atoms with E-state index in [1.54, 1.807) is 49.4 Å². The fraction of sp³-hybridized carbons (Fsp3) is 0.176. The topological polar surface area (TPSA) is 122 Å². The smallest absolute Gasteiger partial charge is 0.262 e. The van der Waals surface area contributed by atoms with Gasteiger partial charge in [0, 0.05) is 17.0 Å². The number of carbonyl (C=O) groups is 2. The van der Waals surface area contributed by atoms with E-state index in [0.717, 1.165) is 11.1 Å². The number of hydrogen-bond donors (Lipinski definition) is 2. The number of halogens is 2. The first-order valence-corrected chi connectivity index (χ1v) is 14.6. The van der Waals surface area contributed by atoms with Crippen LogP contribution in [-0.4, -0.2) is 37.3 Å². The van der Waals surface area contributed by atoms with E-state index in [1.807, 2.05) is 42.5 Å². The average molecular weight is 646 g/mol. The van der Waals surface area contributed by atoms with Crippen LogP contribution in [-0.2, 0) is 22.6 Å². The van der Waals surface area contributed by atoms with Crippen molar-refractivity contribution in [2.75, 3.05) is 7.11 Å². The molecule has 0 unspecified atom stereocenters. The summed E-state index contributed by atoms with van der Waals surface area (Å²) < 4.78 is 17.1. The van der Waals surface area contributed by atoms with Gasteiger partial charge in [-0.1, -0.05) is 71.7 Å². The molecule has 0 aliphatic rings. The van der Waals surface area contributed by atoms with E-state index in [2.05, 4.69) is 21.9 Å². The summed E-state index contributed by atoms with van der Waals surface area (Å²) >= 11 is 12.1. The van der Waals surface area contributed by atoms with E-state index >= 15 is 0 Å². The van der Waals surface area contributed by atoms with E-state index in [-0.39, 0.29) is 23.8 Å². The lowest BCUT2D eigenvalue weighted by molar-refractivity contribution is -0.132. The summed E-state index contributed by atoms with van der Waals surface area (Å²) in [4.78, 5) is 26.3. The van der Waals surface area contributed by atoms with Gasteiger partial charge in [0.2, 0.25) is 0 Å². The Balaban J connectivity index is 1.41. The number of hydrogen-bond acceptors (Lipinski definition) is 7. The standard InChI is InChI=1S/C34H30Cl2N4O5/c1-22(45-30-15-13-27(35)18-28(30)36)33(41)39-29(16-23-8-4-3-5-9-23)34(42)40-38-20-24-12-14-31(32(17-24)43-2)44-21-26-11-7-6-10-25(26)19-37/h3-15,17-18,20,22,29H,16,21H2,1-2H3,(H,39,41)(H,40,42)/b38-20-/t22-,29-/m0/s1. The number of nitriles is 1. The number of amides is 2. The molecular formula is C34H30Cl2N4O5. The normalized spacial score (nSPS) is 12.1. The fourth-order valence-corrected chi connectivity index (χ4v) is 4.66. The molecule has 0 aromatic heterocycles. The second-order valence-corrected chi connectivity index (χ2v) is 10.6. The van der Waals surface area contributed by atoms with Gasteiger partial charge in [-0.25, -0.2) is 5.43 Å². The summed E-state index contributed by atoms with van der Waals surface area (Å²) in [6, 6.07) is 27.5. The zero-order valence-electron chi connectivity index (χ0n) is 24.5. The number of carbonyl (C=O) groups excluding carboxylic acids is 2. The maximum Gasteiger partial charge on any atom is 0.262 e. The minimum Gasteiger partial charge on any atom is -0.493 e. The van der Waals surface area contributed by atoms with Crippen molar-refractivity contribution in [1.82, 2.24) is 10.7 Å². The molecular weight excluding hydrogens is 615 g/mol. The Kier molecular flexibility index (Phi) is 11.8. The molecule has 0 bridgehead atoms. The van der Waals surface area contributed by atoms with Gasteiger partial charge in [0.25, 0.3) is 11.8 Å². The summed E-state index contributed by atoms with van der Waals surface area (Å²) in [6.07, 6.45) is 0.710. The van der Waals surface area contributed by atoms with Crippen LogP contribution in [0.15, 0.2) is 96.1 Å². The molecule has 45 heavy (non-hydrogen) atoms. The van der Waals surface area contributed by atoms with E-state index < -0.39 is 24.0 Å². The average Bonchev–Trinajstić information content (AvgIpc) is 3.05.